The summed E-state index contributed by atoms with van der Waals surface area (Å²) in [6, 6.07) is 0. The molecule has 0 amide bonds. The largest absolute Gasteiger partial charge is 0.459 e. The summed E-state index contributed by atoms with van der Waals surface area (Å²) in [5.41, 5.74) is 3.94. The fourth-order valence-electron chi connectivity index (χ4n) is 1.89. The Morgan fingerprint density at radius 3 is 2.19 bits per heavy atom. The van der Waals surface area contributed by atoms with Crippen molar-refractivity contribution >= 4 is 11.0 Å². The minimum absolute atomic E-state index is 0.0600. The molecule has 2 aromatic heterocycles. The third kappa shape index (κ3) is 1.35. The van der Waals surface area contributed by atoms with Crippen LogP contribution in [0.15, 0.2) is 9.21 Å². The monoisotopic (exact) mass is 217 g/mol. The van der Waals surface area contributed by atoms with Gasteiger partial charge in [-0.05, 0) is 40.2 Å². The lowest BCUT2D eigenvalue weighted by atomic mass is 10.1. The molecule has 0 N–H and O–H groups in total. The van der Waals surface area contributed by atoms with Crippen LogP contribution < -0.4 is 5.43 Å². The van der Waals surface area contributed by atoms with Crippen molar-refractivity contribution in [2.75, 3.05) is 0 Å². The van der Waals surface area contributed by atoms with Crippen LogP contribution in [0.3, 0.4) is 0 Å². The summed E-state index contributed by atoms with van der Waals surface area (Å²) in [5, 5.41) is 0.674. The number of rotatable bonds is 0. The number of aryl methyl sites for hydroxylation is 4. The summed E-state index contributed by atoms with van der Waals surface area (Å²) in [4.78, 5) is 16.6. The van der Waals surface area contributed by atoms with Gasteiger partial charge in [0, 0.05) is 11.3 Å². The molecular weight excluding hydrogens is 202 g/mol. The highest BCUT2D eigenvalue weighted by Gasteiger charge is 2.14. The van der Waals surface area contributed by atoms with Crippen LogP contribution in [0.4, 0.5) is 0 Å². The van der Waals surface area contributed by atoms with Gasteiger partial charge in [0.2, 0.25) is 0 Å². The Hall–Kier alpha value is -1.64. The summed E-state index contributed by atoms with van der Waals surface area (Å²) in [6.07, 6.45) is 0. The van der Waals surface area contributed by atoms with Crippen molar-refractivity contribution in [2.24, 2.45) is 0 Å². The topological polar surface area (TPSA) is 43.1 Å². The Labute approximate surface area is 94.1 Å². The molecule has 84 valence electrons. The van der Waals surface area contributed by atoms with Crippen molar-refractivity contribution in [3.8, 4) is 0 Å². The van der Waals surface area contributed by atoms with Crippen molar-refractivity contribution < 1.29 is 4.42 Å². The number of hydrogen-bond acceptors (Lipinski definition) is 3. The molecular formula is C13H15NO2. The standard InChI is InChI=1S/C13H15NO2/c1-6-8(3)14-9(4)13-11(6)12(15)7(2)10(5)16-13/h1-5H3. The molecule has 16 heavy (non-hydrogen) atoms. The maximum atomic E-state index is 12.2. The molecule has 3 heteroatoms. The number of fused-ring (bicyclic) bond motifs is 1. The second kappa shape index (κ2) is 3.44. The molecule has 0 atom stereocenters. The highest BCUT2D eigenvalue weighted by Crippen LogP contribution is 2.22. The fraction of sp³-hybridized carbons (Fsp3) is 0.385. The molecule has 0 aliphatic rings. The van der Waals surface area contributed by atoms with Crippen LogP contribution in [0.25, 0.3) is 11.0 Å². The van der Waals surface area contributed by atoms with E-state index < -0.39 is 0 Å². The lowest BCUT2D eigenvalue weighted by molar-refractivity contribution is 0.554. The minimum Gasteiger partial charge on any atom is -0.459 e. The zero-order chi connectivity index (χ0) is 12.0. The van der Waals surface area contributed by atoms with Crippen LogP contribution in [0.5, 0.6) is 0 Å². The van der Waals surface area contributed by atoms with E-state index in [-0.39, 0.29) is 5.43 Å². The number of aromatic nitrogens is 1. The van der Waals surface area contributed by atoms with E-state index in [4.69, 9.17) is 4.42 Å². The Kier molecular flexibility index (Phi) is 2.34. The van der Waals surface area contributed by atoms with Gasteiger partial charge in [-0.1, -0.05) is 0 Å². The third-order valence-electron chi connectivity index (χ3n) is 3.16. The molecule has 0 unspecified atom stereocenters. The van der Waals surface area contributed by atoms with Gasteiger partial charge >= 0.3 is 0 Å². The van der Waals surface area contributed by atoms with Gasteiger partial charge in [0.25, 0.3) is 0 Å². The van der Waals surface area contributed by atoms with E-state index in [1.54, 1.807) is 6.92 Å². The van der Waals surface area contributed by atoms with Crippen molar-refractivity contribution in [1.82, 2.24) is 4.98 Å². The zero-order valence-electron chi connectivity index (χ0n) is 10.3. The molecule has 2 rings (SSSR count). The first kappa shape index (κ1) is 10.9. The van der Waals surface area contributed by atoms with E-state index in [1.807, 2.05) is 27.7 Å². The summed E-state index contributed by atoms with van der Waals surface area (Å²) in [6.45, 7) is 9.30. The van der Waals surface area contributed by atoms with E-state index in [0.717, 1.165) is 17.0 Å². The van der Waals surface area contributed by atoms with Gasteiger partial charge in [-0.3, -0.25) is 9.78 Å². The van der Waals surface area contributed by atoms with Crippen LogP contribution in [0.1, 0.15) is 28.3 Å². The molecule has 0 aliphatic heterocycles. The average Bonchev–Trinajstić information content (AvgIpc) is 2.22. The van der Waals surface area contributed by atoms with Gasteiger partial charge < -0.3 is 4.42 Å². The first-order chi connectivity index (χ1) is 7.43. The van der Waals surface area contributed by atoms with Crippen molar-refractivity contribution in [3.05, 3.63) is 38.5 Å². The van der Waals surface area contributed by atoms with Crippen LogP contribution >= 0.6 is 0 Å². The minimum atomic E-state index is 0.0600. The molecule has 2 heterocycles. The highest BCUT2D eigenvalue weighted by molar-refractivity contribution is 5.83. The SMILES string of the molecule is Cc1nc(C)c2oc(C)c(C)c(=O)c2c1C. The average molecular weight is 217 g/mol. The Bertz CT molecular complexity index is 639. The van der Waals surface area contributed by atoms with Gasteiger partial charge in [0.1, 0.15) is 5.76 Å². The third-order valence-corrected chi connectivity index (χ3v) is 3.16. The molecule has 0 spiro atoms. The van der Waals surface area contributed by atoms with Crippen molar-refractivity contribution in [2.45, 2.75) is 34.6 Å². The first-order valence-corrected chi connectivity index (χ1v) is 5.31. The highest BCUT2D eigenvalue weighted by atomic mass is 16.3. The summed E-state index contributed by atoms with van der Waals surface area (Å²) < 4.78 is 5.68. The fourth-order valence-corrected chi connectivity index (χ4v) is 1.89. The second-order valence-electron chi connectivity index (χ2n) is 4.22. The molecule has 3 nitrogen and oxygen atoms in total. The molecule has 2 aromatic rings. The number of pyridine rings is 1. The molecule has 0 aromatic carbocycles. The van der Waals surface area contributed by atoms with Gasteiger partial charge in [-0.2, -0.15) is 0 Å². The molecule has 0 saturated carbocycles. The summed E-state index contributed by atoms with van der Waals surface area (Å²) in [7, 11) is 0. The van der Waals surface area contributed by atoms with Gasteiger partial charge in [-0.25, -0.2) is 0 Å². The quantitative estimate of drug-likeness (QED) is 0.681. The Morgan fingerprint density at radius 1 is 0.938 bits per heavy atom. The van der Waals surface area contributed by atoms with E-state index >= 15 is 0 Å². The molecule has 0 aliphatic carbocycles. The lowest BCUT2D eigenvalue weighted by Crippen LogP contribution is -2.11. The van der Waals surface area contributed by atoms with Gasteiger partial charge in [0.05, 0.1) is 11.1 Å². The predicted molar refractivity (Wildman–Crippen MR) is 64.0 cm³/mol. The smallest absolute Gasteiger partial charge is 0.196 e. The Morgan fingerprint density at radius 2 is 1.56 bits per heavy atom. The maximum absolute atomic E-state index is 12.2. The molecule has 0 bridgehead atoms. The lowest BCUT2D eigenvalue weighted by Gasteiger charge is -2.09. The van der Waals surface area contributed by atoms with Crippen molar-refractivity contribution in [3.63, 3.8) is 0 Å². The normalized spacial score (nSPS) is 11.1. The first-order valence-electron chi connectivity index (χ1n) is 5.31. The zero-order valence-corrected chi connectivity index (χ0v) is 10.3. The van der Waals surface area contributed by atoms with Crippen LogP contribution in [-0.4, -0.2) is 4.98 Å². The van der Waals surface area contributed by atoms with E-state index in [0.29, 0.717) is 22.3 Å². The number of hydrogen-bond donors (Lipinski definition) is 0. The predicted octanol–water partition coefficient (Wildman–Crippen LogP) is 2.73. The van der Waals surface area contributed by atoms with Gasteiger partial charge in [0.15, 0.2) is 11.0 Å². The number of nitrogens with zero attached hydrogens (tertiary/aromatic N) is 1. The van der Waals surface area contributed by atoms with Crippen LogP contribution in [-0.2, 0) is 0 Å². The Balaban J connectivity index is 3.14. The van der Waals surface area contributed by atoms with E-state index in [9.17, 15) is 4.79 Å². The van der Waals surface area contributed by atoms with E-state index in [1.165, 1.54) is 0 Å². The molecule has 0 saturated heterocycles. The second-order valence-corrected chi connectivity index (χ2v) is 4.22. The van der Waals surface area contributed by atoms with Crippen LogP contribution in [0.2, 0.25) is 0 Å². The van der Waals surface area contributed by atoms with Gasteiger partial charge in [-0.15, -0.1) is 0 Å². The van der Waals surface area contributed by atoms with Crippen molar-refractivity contribution in [1.29, 1.82) is 0 Å². The molecule has 0 radical (unpaired) electrons. The molecule has 0 fully saturated rings. The summed E-state index contributed by atoms with van der Waals surface area (Å²) in [5.74, 6) is 0.672. The summed E-state index contributed by atoms with van der Waals surface area (Å²) >= 11 is 0. The maximum Gasteiger partial charge on any atom is 0.196 e. The van der Waals surface area contributed by atoms with Crippen LogP contribution in [0, 0.1) is 34.6 Å². The van der Waals surface area contributed by atoms with E-state index in [2.05, 4.69) is 4.98 Å².